The van der Waals surface area contributed by atoms with Gasteiger partial charge in [0, 0.05) is 12.4 Å². The molecule has 0 spiro atoms. The van der Waals surface area contributed by atoms with Crippen molar-refractivity contribution in [1.82, 2.24) is 9.97 Å². The first kappa shape index (κ1) is 11.3. The fourth-order valence-electron chi connectivity index (χ4n) is 0.989. The smallest absolute Gasteiger partial charge is 0.273 e. The quantitative estimate of drug-likeness (QED) is 0.930. The first-order valence-corrected chi connectivity index (χ1v) is 6.80. The highest BCUT2D eigenvalue weighted by Gasteiger charge is 2.17. The van der Waals surface area contributed by atoms with Crippen molar-refractivity contribution < 1.29 is 8.42 Å². The molecular weight excluding hydrogens is 270 g/mol. The molecule has 0 radical (unpaired) electrons. The summed E-state index contributed by atoms with van der Waals surface area (Å²) < 4.78 is 26.3. The Morgan fingerprint density at radius 2 is 2.00 bits per heavy atom. The van der Waals surface area contributed by atoms with Crippen LogP contribution in [0.2, 0.25) is 4.47 Å². The van der Waals surface area contributed by atoms with Crippen LogP contribution >= 0.6 is 22.9 Å². The molecule has 0 aliphatic carbocycles. The van der Waals surface area contributed by atoms with Gasteiger partial charge >= 0.3 is 0 Å². The summed E-state index contributed by atoms with van der Waals surface area (Å²) in [6.45, 7) is 0. The fourth-order valence-corrected chi connectivity index (χ4v) is 3.34. The van der Waals surface area contributed by atoms with Crippen molar-refractivity contribution in [1.29, 1.82) is 0 Å². The summed E-state index contributed by atoms with van der Waals surface area (Å²) in [4.78, 5) is 7.46. The maximum absolute atomic E-state index is 11.8. The molecule has 0 saturated heterocycles. The normalized spacial score (nSPS) is 11.3. The molecule has 0 unspecified atom stereocenters. The van der Waals surface area contributed by atoms with Crippen molar-refractivity contribution in [2.75, 3.05) is 4.72 Å². The lowest BCUT2D eigenvalue weighted by atomic mass is 10.4. The number of hydrogen-bond donors (Lipinski definition) is 1. The second-order valence-corrected chi connectivity index (χ2v) is 6.30. The average molecular weight is 276 g/mol. The summed E-state index contributed by atoms with van der Waals surface area (Å²) >= 11 is 6.48. The Morgan fingerprint density at radius 1 is 1.31 bits per heavy atom. The standard InChI is InChI=1S/C8H6ClN3O2S2/c9-8-11-5-7(15-8)16(13,14)12-6-1-3-10-4-2-6/h1-5H,(H,10,12). The van der Waals surface area contributed by atoms with Crippen molar-refractivity contribution in [3.8, 4) is 0 Å². The molecule has 0 aliphatic rings. The SMILES string of the molecule is O=S(=O)(Nc1ccncc1)c1cnc(Cl)s1. The summed E-state index contributed by atoms with van der Waals surface area (Å²) in [5.74, 6) is 0. The minimum atomic E-state index is -3.60. The summed E-state index contributed by atoms with van der Waals surface area (Å²) in [6, 6.07) is 3.11. The van der Waals surface area contributed by atoms with E-state index in [0.717, 1.165) is 11.3 Å². The van der Waals surface area contributed by atoms with Gasteiger partial charge in [-0.05, 0) is 12.1 Å². The lowest BCUT2D eigenvalue weighted by molar-refractivity contribution is 0.603. The lowest BCUT2D eigenvalue weighted by Crippen LogP contribution is -2.11. The molecule has 8 heteroatoms. The van der Waals surface area contributed by atoms with Crippen LogP contribution in [0.25, 0.3) is 0 Å². The Hall–Kier alpha value is -1.18. The highest BCUT2D eigenvalue weighted by atomic mass is 35.5. The van der Waals surface area contributed by atoms with Gasteiger partial charge in [0.05, 0.1) is 11.9 Å². The van der Waals surface area contributed by atoms with Crippen LogP contribution in [0, 0.1) is 0 Å². The zero-order chi connectivity index (χ0) is 11.6. The first-order chi connectivity index (χ1) is 7.58. The predicted octanol–water partition coefficient (Wildman–Crippen LogP) is 1.99. The van der Waals surface area contributed by atoms with Gasteiger partial charge in [0.15, 0.2) is 8.68 Å². The van der Waals surface area contributed by atoms with Crippen molar-refractivity contribution in [2.24, 2.45) is 0 Å². The maximum atomic E-state index is 11.8. The number of nitrogens with one attached hydrogen (secondary N) is 1. The molecule has 1 N–H and O–H groups in total. The van der Waals surface area contributed by atoms with E-state index in [2.05, 4.69) is 14.7 Å². The minimum Gasteiger partial charge on any atom is -0.279 e. The fraction of sp³-hybridized carbons (Fsp3) is 0. The van der Waals surface area contributed by atoms with Crippen molar-refractivity contribution >= 4 is 38.6 Å². The molecule has 5 nitrogen and oxygen atoms in total. The molecular formula is C8H6ClN3O2S2. The second kappa shape index (κ2) is 4.36. The van der Waals surface area contributed by atoms with E-state index < -0.39 is 10.0 Å². The molecule has 2 heterocycles. The molecule has 16 heavy (non-hydrogen) atoms. The molecule has 0 bridgehead atoms. The topological polar surface area (TPSA) is 72.0 Å². The van der Waals surface area contributed by atoms with Gasteiger partial charge in [0.1, 0.15) is 0 Å². The monoisotopic (exact) mass is 275 g/mol. The number of hydrogen-bond acceptors (Lipinski definition) is 5. The van der Waals surface area contributed by atoms with Crippen LogP contribution in [0.4, 0.5) is 5.69 Å². The van der Waals surface area contributed by atoms with Gasteiger partial charge in [-0.15, -0.1) is 0 Å². The zero-order valence-corrected chi connectivity index (χ0v) is 10.2. The summed E-state index contributed by atoms with van der Waals surface area (Å²) in [7, 11) is -3.60. The molecule has 0 amide bonds. The van der Waals surface area contributed by atoms with Gasteiger partial charge in [-0.3, -0.25) is 9.71 Å². The molecule has 2 rings (SSSR count). The van der Waals surface area contributed by atoms with Gasteiger partial charge in [-0.2, -0.15) is 0 Å². The highest BCUT2D eigenvalue weighted by Crippen LogP contribution is 2.24. The summed E-state index contributed by atoms with van der Waals surface area (Å²) in [6.07, 6.45) is 4.21. The number of anilines is 1. The number of sulfonamides is 1. The number of aromatic nitrogens is 2. The Labute approximate surface area is 101 Å². The molecule has 2 aromatic heterocycles. The molecule has 2 aromatic rings. The van der Waals surface area contributed by atoms with E-state index in [1.54, 1.807) is 12.1 Å². The van der Waals surface area contributed by atoms with Crippen molar-refractivity contribution in [3.63, 3.8) is 0 Å². The number of pyridine rings is 1. The van der Waals surface area contributed by atoms with Gasteiger partial charge < -0.3 is 0 Å². The van der Waals surface area contributed by atoms with E-state index in [1.807, 2.05) is 0 Å². The first-order valence-electron chi connectivity index (χ1n) is 4.12. The van der Waals surface area contributed by atoms with Crippen LogP contribution in [0.3, 0.4) is 0 Å². The second-order valence-electron chi connectivity index (χ2n) is 2.77. The Bertz CT molecular complexity index is 582. The Kier molecular flexibility index (Phi) is 3.08. The molecule has 0 atom stereocenters. The molecule has 0 aromatic carbocycles. The minimum absolute atomic E-state index is 0.0781. The number of rotatable bonds is 3. The van der Waals surface area contributed by atoms with E-state index in [-0.39, 0.29) is 8.68 Å². The van der Waals surface area contributed by atoms with Gasteiger partial charge in [-0.25, -0.2) is 13.4 Å². The summed E-state index contributed by atoms with van der Waals surface area (Å²) in [5.41, 5.74) is 0.444. The molecule has 0 saturated carbocycles. The third-order valence-corrected chi connectivity index (χ3v) is 4.61. The maximum Gasteiger partial charge on any atom is 0.273 e. The zero-order valence-electron chi connectivity index (χ0n) is 7.79. The van der Waals surface area contributed by atoms with Crippen LogP contribution in [-0.4, -0.2) is 18.4 Å². The number of thiazole rings is 1. The van der Waals surface area contributed by atoms with Gasteiger partial charge in [0.25, 0.3) is 10.0 Å². The van der Waals surface area contributed by atoms with Crippen molar-refractivity contribution in [3.05, 3.63) is 35.2 Å². The lowest BCUT2D eigenvalue weighted by Gasteiger charge is -2.04. The summed E-state index contributed by atoms with van der Waals surface area (Å²) in [5, 5.41) is 0. The van der Waals surface area contributed by atoms with Crippen molar-refractivity contribution in [2.45, 2.75) is 4.21 Å². The third kappa shape index (κ3) is 2.49. The van der Waals surface area contributed by atoms with Crippen LogP contribution in [0.1, 0.15) is 0 Å². The molecule has 0 fully saturated rings. The van der Waals surface area contributed by atoms with E-state index in [9.17, 15) is 8.42 Å². The van der Waals surface area contributed by atoms with Crippen LogP contribution in [0.5, 0.6) is 0 Å². The molecule has 84 valence electrons. The molecule has 0 aliphatic heterocycles. The number of halogens is 1. The predicted molar refractivity (Wildman–Crippen MR) is 62.2 cm³/mol. The van der Waals surface area contributed by atoms with E-state index in [1.165, 1.54) is 18.6 Å². The Morgan fingerprint density at radius 3 is 2.56 bits per heavy atom. The van der Waals surface area contributed by atoms with E-state index in [0.29, 0.717) is 5.69 Å². The number of nitrogens with zero attached hydrogens (tertiary/aromatic N) is 2. The van der Waals surface area contributed by atoms with Crippen LogP contribution < -0.4 is 4.72 Å². The van der Waals surface area contributed by atoms with Crippen LogP contribution in [-0.2, 0) is 10.0 Å². The van der Waals surface area contributed by atoms with E-state index in [4.69, 9.17) is 11.6 Å². The average Bonchev–Trinajstić information content (AvgIpc) is 2.66. The van der Waals surface area contributed by atoms with Crippen LogP contribution in [0.15, 0.2) is 34.9 Å². The third-order valence-electron chi connectivity index (χ3n) is 1.65. The van der Waals surface area contributed by atoms with Gasteiger partial charge in [0.2, 0.25) is 0 Å². The Balaban J connectivity index is 2.28. The largest absolute Gasteiger partial charge is 0.279 e. The van der Waals surface area contributed by atoms with E-state index >= 15 is 0 Å². The van der Waals surface area contributed by atoms with Gasteiger partial charge in [-0.1, -0.05) is 22.9 Å². The highest BCUT2D eigenvalue weighted by molar-refractivity contribution is 7.94.